The van der Waals surface area contributed by atoms with Crippen LogP contribution in [0.5, 0.6) is 0 Å². The van der Waals surface area contributed by atoms with E-state index in [1.807, 2.05) is 10.7 Å². The quantitative estimate of drug-likeness (QED) is 0.858. The molecule has 0 radical (unpaired) electrons. The molecule has 2 aromatic rings. The average Bonchev–Trinajstić information content (AvgIpc) is 3.02. The zero-order valence-electron chi connectivity index (χ0n) is 16.1. The molecule has 0 unspecified atom stereocenters. The summed E-state index contributed by atoms with van der Waals surface area (Å²) in [6.45, 7) is 10.3. The molecule has 0 atom stereocenters. The Balaban J connectivity index is 2.16. The lowest BCUT2D eigenvalue weighted by molar-refractivity contribution is 0.102. The van der Waals surface area contributed by atoms with Crippen LogP contribution in [0, 0.1) is 0 Å². The van der Waals surface area contributed by atoms with E-state index in [0.717, 1.165) is 5.69 Å². The van der Waals surface area contributed by atoms with Crippen LogP contribution in [0.2, 0.25) is 0 Å². The smallest absolute Gasteiger partial charge is 0.411 e. The molecule has 0 fully saturated rings. The van der Waals surface area contributed by atoms with Crippen LogP contribution in [0.4, 0.5) is 16.2 Å². The summed E-state index contributed by atoms with van der Waals surface area (Å²) in [5.74, 6) is -0.0180. The van der Waals surface area contributed by atoms with E-state index in [-0.39, 0.29) is 17.4 Å². The van der Waals surface area contributed by atoms with E-state index in [0.29, 0.717) is 17.1 Å². The molecule has 2 rings (SSSR count). The second-order valence-corrected chi connectivity index (χ2v) is 7.34. The second kappa shape index (κ2) is 7.59. The largest absolute Gasteiger partial charge is 0.453 e. The first-order valence-electron chi connectivity index (χ1n) is 8.48. The van der Waals surface area contributed by atoms with E-state index < -0.39 is 6.09 Å². The highest BCUT2D eigenvalue weighted by molar-refractivity contribution is 6.03. The third kappa shape index (κ3) is 4.62. The first-order chi connectivity index (χ1) is 12.1. The van der Waals surface area contributed by atoms with Crippen molar-refractivity contribution in [1.29, 1.82) is 0 Å². The molecule has 26 heavy (non-hydrogen) atoms. The SMILES string of the molecule is COC(=O)Nc1ccc(NC(=O)c2cc(C(C)C)n(C(C)(C)C)n2)cc1. The number of anilines is 2. The third-order valence-corrected chi connectivity index (χ3v) is 3.77. The van der Waals surface area contributed by atoms with Gasteiger partial charge in [0.15, 0.2) is 5.69 Å². The molecule has 0 aliphatic heterocycles. The predicted molar refractivity (Wildman–Crippen MR) is 102 cm³/mol. The Hall–Kier alpha value is -2.83. The number of carbonyl (C=O) groups is 2. The fourth-order valence-electron chi connectivity index (χ4n) is 2.46. The second-order valence-electron chi connectivity index (χ2n) is 7.34. The van der Waals surface area contributed by atoms with Gasteiger partial charge in [0.25, 0.3) is 5.91 Å². The summed E-state index contributed by atoms with van der Waals surface area (Å²) >= 11 is 0. The van der Waals surface area contributed by atoms with E-state index >= 15 is 0 Å². The molecule has 140 valence electrons. The van der Waals surface area contributed by atoms with Crippen LogP contribution in [0.1, 0.15) is 56.7 Å². The molecule has 0 saturated carbocycles. The Labute approximate surface area is 153 Å². The van der Waals surface area contributed by atoms with Crippen molar-refractivity contribution in [1.82, 2.24) is 9.78 Å². The molecule has 0 aliphatic rings. The maximum Gasteiger partial charge on any atom is 0.411 e. The molecular weight excluding hydrogens is 332 g/mol. The summed E-state index contributed by atoms with van der Waals surface area (Å²) in [7, 11) is 1.30. The topological polar surface area (TPSA) is 85.3 Å². The molecule has 1 heterocycles. The van der Waals surface area contributed by atoms with Crippen LogP contribution in [0.15, 0.2) is 30.3 Å². The van der Waals surface area contributed by atoms with E-state index in [9.17, 15) is 9.59 Å². The Bertz CT molecular complexity index is 786. The molecule has 1 aromatic carbocycles. The lowest BCUT2D eigenvalue weighted by Crippen LogP contribution is -2.26. The van der Waals surface area contributed by atoms with Gasteiger partial charge in [-0.2, -0.15) is 5.10 Å². The van der Waals surface area contributed by atoms with Crippen molar-refractivity contribution in [3.05, 3.63) is 41.7 Å². The van der Waals surface area contributed by atoms with Gasteiger partial charge < -0.3 is 10.1 Å². The van der Waals surface area contributed by atoms with E-state index in [1.165, 1.54) is 7.11 Å². The number of hydrogen-bond donors (Lipinski definition) is 2. The summed E-state index contributed by atoms with van der Waals surface area (Å²) in [6.07, 6.45) is -0.546. The third-order valence-electron chi connectivity index (χ3n) is 3.77. The summed E-state index contributed by atoms with van der Waals surface area (Å²) in [5.41, 5.74) is 2.37. The van der Waals surface area contributed by atoms with E-state index in [1.54, 1.807) is 24.3 Å². The van der Waals surface area contributed by atoms with Crippen molar-refractivity contribution < 1.29 is 14.3 Å². The van der Waals surface area contributed by atoms with Gasteiger partial charge in [-0.15, -0.1) is 0 Å². The summed E-state index contributed by atoms with van der Waals surface area (Å²) < 4.78 is 6.44. The Morgan fingerprint density at radius 1 is 1.08 bits per heavy atom. The van der Waals surface area contributed by atoms with Gasteiger partial charge in [-0.05, 0) is 57.0 Å². The van der Waals surface area contributed by atoms with Gasteiger partial charge in [-0.1, -0.05) is 13.8 Å². The van der Waals surface area contributed by atoms with Gasteiger partial charge in [-0.3, -0.25) is 14.8 Å². The zero-order valence-corrected chi connectivity index (χ0v) is 16.1. The minimum absolute atomic E-state index is 0.209. The van der Waals surface area contributed by atoms with Crippen LogP contribution in [0.3, 0.4) is 0 Å². The number of aromatic nitrogens is 2. The summed E-state index contributed by atoms with van der Waals surface area (Å²) in [6, 6.07) is 8.60. The van der Waals surface area contributed by atoms with E-state index in [2.05, 4.69) is 55.1 Å². The molecule has 2 amide bonds. The first kappa shape index (κ1) is 19.5. The lowest BCUT2D eigenvalue weighted by Gasteiger charge is -2.23. The van der Waals surface area contributed by atoms with Crippen molar-refractivity contribution >= 4 is 23.4 Å². The maximum absolute atomic E-state index is 12.6. The van der Waals surface area contributed by atoms with Crippen molar-refractivity contribution in [2.24, 2.45) is 0 Å². The number of hydrogen-bond acceptors (Lipinski definition) is 4. The standard InChI is InChI=1S/C19H26N4O3/c1-12(2)16-11-15(22-23(16)19(3,4)5)17(24)20-13-7-9-14(10-8-13)21-18(25)26-6/h7-12H,1-6H3,(H,20,24)(H,21,25). The molecule has 0 bridgehead atoms. The van der Waals surface area contributed by atoms with Gasteiger partial charge in [0.05, 0.1) is 12.6 Å². The van der Waals surface area contributed by atoms with Crippen LogP contribution >= 0.6 is 0 Å². The zero-order chi connectivity index (χ0) is 19.5. The van der Waals surface area contributed by atoms with Gasteiger partial charge >= 0.3 is 6.09 Å². The Morgan fingerprint density at radius 3 is 2.04 bits per heavy atom. The maximum atomic E-state index is 12.6. The van der Waals surface area contributed by atoms with Crippen LogP contribution < -0.4 is 10.6 Å². The van der Waals surface area contributed by atoms with Gasteiger partial charge in [0.2, 0.25) is 0 Å². The number of methoxy groups -OCH3 is 1. The number of benzene rings is 1. The number of ether oxygens (including phenoxy) is 1. The number of nitrogens with zero attached hydrogens (tertiary/aromatic N) is 2. The predicted octanol–water partition coefficient (Wildman–Crippen LogP) is 4.19. The van der Waals surface area contributed by atoms with Gasteiger partial charge in [0.1, 0.15) is 0 Å². The summed E-state index contributed by atoms with van der Waals surface area (Å²) in [4.78, 5) is 23.7. The molecule has 0 spiro atoms. The molecule has 7 heteroatoms. The molecule has 2 N–H and O–H groups in total. The fourth-order valence-corrected chi connectivity index (χ4v) is 2.46. The minimum atomic E-state index is -0.546. The highest BCUT2D eigenvalue weighted by atomic mass is 16.5. The highest BCUT2D eigenvalue weighted by Crippen LogP contribution is 2.24. The van der Waals surface area contributed by atoms with Crippen LogP contribution in [-0.2, 0) is 10.3 Å². The fraction of sp³-hybridized carbons (Fsp3) is 0.421. The van der Waals surface area contributed by atoms with Gasteiger partial charge in [-0.25, -0.2) is 4.79 Å². The molecular formula is C19H26N4O3. The van der Waals surface area contributed by atoms with E-state index in [4.69, 9.17) is 0 Å². The molecule has 1 aromatic heterocycles. The molecule has 0 aliphatic carbocycles. The Morgan fingerprint density at radius 2 is 1.62 bits per heavy atom. The average molecular weight is 358 g/mol. The van der Waals surface area contributed by atoms with Crippen molar-refractivity contribution in [2.75, 3.05) is 17.7 Å². The van der Waals surface area contributed by atoms with Crippen molar-refractivity contribution in [2.45, 2.75) is 46.1 Å². The lowest BCUT2D eigenvalue weighted by atomic mass is 10.1. The van der Waals surface area contributed by atoms with Crippen LogP contribution in [0.25, 0.3) is 0 Å². The number of carbonyl (C=O) groups excluding carboxylic acids is 2. The normalized spacial score (nSPS) is 11.3. The van der Waals surface area contributed by atoms with Crippen molar-refractivity contribution in [3.63, 3.8) is 0 Å². The van der Waals surface area contributed by atoms with Crippen molar-refractivity contribution in [3.8, 4) is 0 Å². The molecule has 0 saturated heterocycles. The van der Waals surface area contributed by atoms with Crippen LogP contribution in [-0.4, -0.2) is 28.9 Å². The monoisotopic (exact) mass is 358 g/mol. The summed E-state index contributed by atoms with van der Waals surface area (Å²) in [5, 5.41) is 9.88. The Kier molecular flexibility index (Phi) is 5.69. The van der Waals surface area contributed by atoms with Gasteiger partial charge in [0, 0.05) is 17.1 Å². The first-order valence-corrected chi connectivity index (χ1v) is 8.48. The number of amides is 2. The highest BCUT2D eigenvalue weighted by Gasteiger charge is 2.23. The number of nitrogens with one attached hydrogen (secondary N) is 2. The molecule has 7 nitrogen and oxygen atoms in total. The number of rotatable bonds is 4. The minimum Gasteiger partial charge on any atom is -0.453 e.